The molecule has 1 unspecified atom stereocenters. The fraction of sp³-hybridized carbons (Fsp3) is 0.769. The minimum Gasteiger partial charge on any atom is -0.251 e. The third kappa shape index (κ3) is 2.48. The maximum Gasteiger partial charge on any atom is 0.132 e. The van der Waals surface area contributed by atoms with Crippen LogP contribution in [0.4, 0.5) is 0 Å². The number of halogens is 2. The first-order valence-corrected chi connectivity index (χ1v) is 7.43. The molecule has 1 fully saturated rings. The average molecular weight is 275 g/mol. The highest BCUT2D eigenvalue weighted by atomic mass is 35.5. The van der Waals surface area contributed by atoms with Gasteiger partial charge in [0.1, 0.15) is 5.15 Å². The Morgan fingerprint density at radius 3 is 2.59 bits per heavy atom. The van der Waals surface area contributed by atoms with Crippen LogP contribution in [0.15, 0.2) is 0 Å². The van der Waals surface area contributed by atoms with E-state index < -0.39 is 0 Å². The molecule has 96 valence electrons. The van der Waals surface area contributed by atoms with Gasteiger partial charge in [-0.15, -0.1) is 11.6 Å². The van der Waals surface area contributed by atoms with Gasteiger partial charge in [0.15, 0.2) is 0 Å². The Morgan fingerprint density at radius 2 is 2.06 bits per heavy atom. The summed E-state index contributed by atoms with van der Waals surface area (Å²) in [4.78, 5) is 0. The van der Waals surface area contributed by atoms with Crippen LogP contribution in [0, 0.1) is 0 Å². The van der Waals surface area contributed by atoms with Crippen molar-refractivity contribution in [3.8, 4) is 0 Å². The van der Waals surface area contributed by atoms with Crippen LogP contribution in [0.1, 0.15) is 69.2 Å². The molecular formula is C13H20Cl2N2. The minimum absolute atomic E-state index is 0.347. The first kappa shape index (κ1) is 13.2. The van der Waals surface area contributed by atoms with Crippen molar-refractivity contribution in [3.05, 3.63) is 16.4 Å². The van der Waals surface area contributed by atoms with Crippen LogP contribution in [0.5, 0.6) is 0 Å². The van der Waals surface area contributed by atoms with Gasteiger partial charge in [0.25, 0.3) is 0 Å². The zero-order valence-corrected chi connectivity index (χ0v) is 12.1. The third-order valence-electron chi connectivity index (χ3n) is 3.86. The molecule has 1 saturated carbocycles. The summed E-state index contributed by atoms with van der Waals surface area (Å²) in [6.45, 7) is 4.30. The summed E-state index contributed by atoms with van der Waals surface area (Å²) >= 11 is 12.4. The Balaban J connectivity index is 2.37. The Hall–Kier alpha value is -0.210. The van der Waals surface area contributed by atoms with Crippen LogP contribution >= 0.6 is 23.2 Å². The van der Waals surface area contributed by atoms with Crippen molar-refractivity contribution in [2.45, 2.75) is 63.8 Å². The van der Waals surface area contributed by atoms with E-state index in [1.54, 1.807) is 0 Å². The van der Waals surface area contributed by atoms with E-state index in [-0.39, 0.29) is 0 Å². The van der Waals surface area contributed by atoms with E-state index in [9.17, 15) is 0 Å². The summed E-state index contributed by atoms with van der Waals surface area (Å²) in [6, 6.07) is 0.347. The van der Waals surface area contributed by atoms with Crippen molar-refractivity contribution in [2.75, 3.05) is 0 Å². The summed E-state index contributed by atoms with van der Waals surface area (Å²) in [5, 5.41) is 5.48. The van der Waals surface area contributed by atoms with E-state index in [2.05, 4.69) is 13.8 Å². The van der Waals surface area contributed by atoms with Gasteiger partial charge in [-0.1, -0.05) is 31.4 Å². The van der Waals surface area contributed by atoms with Crippen molar-refractivity contribution >= 4 is 23.2 Å². The highest BCUT2D eigenvalue weighted by Crippen LogP contribution is 2.38. The van der Waals surface area contributed by atoms with Crippen molar-refractivity contribution in [1.82, 2.24) is 9.78 Å². The fourth-order valence-corrected chi connectivity index (χ4v) is 3.28. The molecule has 0 aromatic carbocycles. The number of aromatic nitrogens is 2. The molecule has 1 heterocycles. The van der Waals surface area contributed by atoms with E-state index in [0.29, 0.717) is 17.8 Å². The first-order valence-electron chi connectivity index (χ1n) is 6.51. The number of nitrogens with zero attached hydrogens (tertiary/aromatic N) is 2. The van der Waals surface area contributed by atoms with Crippen LogP contribution in [0.3, 0.4) is 0 Å². The van der Waals surface area contributed by atoms with Gasteiger partial charge >= 0.3 is 0 Å². The molecule has 1 aromatic rings. The van der Waals surface area contributed by atoms with E-state index >= 15 is 0 Å². The minimum atomic E-state index is 0.347. The topological polar surface area (TPSA) is 17.8 Å². The second-order valence-corrected chi connectivity index (χ2v) is 5.60. The lowest BCUT2D eigenvalue weighted by Gasteiger charge is -2.10. The molecule has 0 amide bonds. The second-order valence-electron chi connectivity index (χ2n) is 4.97. The van der Waals surface area contributed by atoms with E-state index in [4.69, 9.17) is 28.3 Å². The van der Waals surface area contributed by atoms with Gasteiger partial charge in [-0.05, 0) is 26.2 Å². The number of hydrogen-bond donors (Lipinski definition) is 0. The van der Waals surface area contributed by atoms with Crippen LogP contribution in [0.2, 0.25) is 5.15 Å². The van der Waals surface area contributed by atoms with E-state index in [0.717, 1.165) is 22.8 Å². The zero-order valence-electron chi connectivity index (χ0n) is 10.5. The summed E-state index contributed by atoms with van der Waals surface area (Å²) < 4.78 is 1.95. The van der Waals surface area contributed by atoms with Crippen molar-refractivity contribution in [1.29, 1.82) is 0 Å². The van der Waals surface area contributed by atoms with Gasteiger partial charge in [0, 0.05) is 11.5 Å². The third-order valence-corrected chi connectivity index (χ3v) is 4.53. The van der Waals surface area contributed by atoms with Crippen LogP contribution in [-0.4, -0.2) is 9.78 Å². The lowest BCUT2D eigenvalue weighted by molar-refractivity contribution is 0.469. The van der Waals surface area contributed by atoms with Crippen molar-refractivity contribution < 1.29 is 0 Å². The summed E-state index contributed by atoms with van der Waals surface area (Å²) in [5.41, 5.74) is 2.21. The van der Waals surface area contributed by atoms with Gasteiger partial charge < -0.3 is 0 Å². The van der Waals surface area contributed by atoms with Crippen LogP contribution in [-0.2, 0) is 5.88 Å². The van der Waals surface area contributed by atoms with Crippen molar-refractivity contribution in [3.63, 3.8) is 0 Å². The normalized spacial score (nSPS) is 18.8. The first-order chi connectivity index (χ1) is 8.19. The molecule has 0 N–H and O–H groups in total. The molecule has 1 aromatic heterocycles. The summed E-state index contributed by atoms with van der Waals surface area (Å²) in [6.07, 6.45) is 6.11. The average Bonchev–Trinajstić information content (AvgIpc) is 2.95. The Labute approximate surface area is 113 Å². The molecule has 1 aliphatic rings. The standard InChI is InChI=1S/C13H20Cl2N2/c1-3-9(2)17-13(15)11(8-14)12(16-17)10-6-4-5-7-10/h9-10H,3-8H2,1-2H3. The fourth-order valence-electron chi connectivity index (χ4n) is 2.58. The maximum atomic E-state index is 6.40. The van der Waals surface area contributed by atoms with Gasteiger partial charge in [-0.25, -0.2) is 0 Å². The lowest BCUT2D eigenvalue weighted by atomic mass is 10.0. The molecule has 0 saturated heterocycles. The molecular weight excluding hydrogens is 255 g/mol. The van der Waals surface area contributed by atoms with E-state index in [1.807, 2.05) is 4.68 Å². The molecule has 4 heteroatoms. The highest BCUT2D eigenvalue weighted by molar-refractivity contribution is 6.31. The summed E-state index contributed by atoms with van der Waals surface area (Å²) in [7, 11) is 0. The molecule has 0 spiro atoms. The largest absolute Gasteiger partial charge is 0.251 e. The Bertz CT molecular complexity index is 381. The van der Waals surface area contributed by atoms with Crippen LogP contribution < -0.4 is 0 Å². The number of hydrogen-bond acceptors (Lipinski definition) is 1. The summed E-state index contributed by atoms with van der Waals surface area (Å²) in [5.74, 6) is 1.05. The number of rotatable bonds is 4. The molecule has 1 aliphatic carbocycles. The zero-order chi connectivity index (χ0) is 12.4. The smallest absolute Gasteiger partial charge is 0.132 e. The molecule has 1 atom stereocenters. The maximum absolute atomic E-state index is 6.40. The molecule has 2 rings (SSSR count). The quantitative estimate of drug-likeness (QED) is 0.714. The molecule has 0 bridgehead atoms. The van der Waals surface area contributed by atoms with Crippen molar-refractivity contribution in [2.24, 2.45) is 0 Å². The molecule has 17 heavy (non-hydrogen) atoms. The predicted octanol–water partition coefficient (Wildman–Crippen LogP) is 4.90. The lowest BCUT2D eigenvalue weighted by Crippen LogP contribution is -2.06. The van der Waals surface area contributed by atoms with Gasteiger partial charge in [-0.3, -0.25) is 4.68 Å². The highest BCUT2D eigenvalue weighted by Gasteiger charge is 2.26. The predicted molar refractivity (Wildman–Crippen MR) is 73.0 cm³/mol. The van der Waals surface area contributed by atoms with Gasteiger partial charge in [-0.2, -0.15) is 5.10 Å². The molecule has 2 nitrogen and oxygen atoms in total. The molecule has 0 radical (unpaired) electrons. The SMILES string of the molecule is CCC(C)n1nc(C2CCCC2)c(CCl)c1Cl. The van der Waals surface area contributed by atoms with E-state index in [1.165, 1.54) is 25.7 Å². The monoisotopic (exact) mass is 274 g/mol. The number of alkyl halides is 1. The second kappa shape index (κ2) is 5.62. The Morgan fingerprint density at radius 1 is 1.41 bits per heavy atom. The Kier molecular flexibility index (Phi) is 4.37. The van der Waals surface area contributed by atoms with Crippen LogP contribution in [0.25, 0.3) is 0 Å². The van der Waals surface area contributed by atoms with Gasteiger partial charge in [0.05, 0.1) is 17.6 Å². The molecule has 0 aliphatic heterocycles. The van der Waals surface area contributed by atoms with Gasteiger partial charge in [0.2, 0.25) is 0 Å².